The van der Waals surface area contributed by atoms with Gasteiger partial charge in [0.25, 0.3) is 0 Å². The molecular formula is C20H22ClNO2. The molecular weight excluding hydrogens is 322 g/mol. The Bertz CT molecular complexity index is 725. The number of para-hydroxylation sites is 1. The van der Waals surface area contributed by atoms with E-state index in [1.54, 1.807) is 7.11 Å². The Morgan fingerprint density at radius 1 is 1.21 bits per heavy atom. The zero-order valence-electron chi connectivity index (χ0n) is 13.8. The molecule has 0 aromatic heterocycles. The fourth-order valence-electron chi connectivity index (χ4n) is 3.35. The summed E-state index contributed by atoms with van der Waals surface area (Å²) in [5.74, 6) is 0.964. The van der Waals surface area contributed by atoms with Crippen molar-refractivity contribution in [2.24, 2.45) is 0 Å². The van der Waals surface area contributed by atoms with E-state index in [0.717, 1.165) is 42.6 Å². The standard InChI is InChI=1S/C20H22ClNO2/c1-24-18-9-3-2-6-15(18)10-13-22-19(23)20(11-5-12-20)16-7-4-8-17(21)14-16/h2-4,6-9,14H,5,10-13H2,1H3,(H,22,23). The highest BCUT2D eigenvalue weighted by Crippen LogP contribution is 2.44. The number of amides is 1. The van der Waals surface area contributed by atoms with Gasteiger partial charge in [-0.15, -0.1) is 0 Å². The first kappa shape index (κ1) is 16.8. The molecule has 1 aliphatic rings. The van der Waals surface area contributed by atoms with Crippen LogP contribution in [-0.4, -0.2) is 19.6 Å². The van der Waals surface area contributed by atoms with Gasteiger partial charge in [0.1, 0.15) is 5.75 Å². The van der Waals surface area contributed by atoms with Crippen LogP contribution in [0.1, 0.15) is 30.4 Å². The number of halogens is 1. The van der Waals surface area contributed by atoms with Crippen molar-refractivity contribution in [2.45, 2.75) is 31.1 Å². The van der Waals surface area contributed by atoms with Gasteiger partial charge in [-0.05, 0) is 48.6 Å². The summed E-state index contributed by atoms with van der Waals surface area (Å²) in [6.45, 7) is 0.599. The van der Waals surface area contributed by atoms with Crippen LogP contribution in [0.5, 0.6) is 5.75 Å². The lowest BCUT2D eigenvalue weighted by molar-refractivity contribution is -0.129. The van der Waals surface area contributed by atoms with Crippen LogP contribution in [0.25, 0.3) is 0 Å². The van der Waals surface area contributed by atoms with Gasteiger partial charge in [-0.1, -0.05) is 48.4 Å². The molecule has 0 unspecified atom stereocenters. The smallest absolute Gasteiger partial charge is 0.230 e. The monoisotopic (exact) mass is 343 g/mol. The summed E-state index contributed by atoms with van der Waals surface area (Å²) in [7, 11) is 1.67. The summed E-state index contributed by atoms with van der Waals surface area (Å²) in [6.07, 6.45) is 3.59. The fourth-order valence-corrected chi connectivity index (χ4v) is 3.54. The van der Waals surface area contributed by atoms with Gasteiger partial charge in [-0.2, -0.15) is 0 Å². The van der Waals surface area contributed by atoms with E-state index in [9.17, 15) is 4.79 Å². The van der Waals surface area contributed by atoms with Crippen molar-refractivity contribution >= 4 is 17.5 Å². The molecule has 3 nitrogen and oxygen atoms in total. The quantitative estimate of drug-likeness (QED) is 0.856. The first-order valence-electron chi connectivity index (χ1n) is 8.32. The third-order valence-electron chi connectivity index (χ3n) is 4.89. The lowest BCUT2D eigenvalue weighted by Gasteiger charge is -2.40. The van der Waals surface area contributed by atoms with E-state index in [-0.39, 0.29) is 5.91 Å². The van der Waals surface area contributed by atoms with Gasteiger partial charge < -0.3 is 10.1 Å². The molecule has 0 atom stereocenters. The number of hydrogen-bond acceptors (Lipinski definition) is 2. The maximum Gasteiger partial charge on any atom is 0.230 e. The molecule has 1 fully saturated rings. The number of rotatable bonds is 6. The zero-order chi connectivity index (χ0) is 17.0. The molecule has 24 heavy (non-hydrogen) atoms. The van der Waals surface area contributed by atoms with Crippen LogP contribution in [0, 0.1) is 0 Å². The average molecular weight is 344 g/mol. The van der Waals surface area contributed by atoms with Crippen molar-refractivity contribution in [1.82, 2.24) is 5.32 Å². The van der Waals surface area contributed by atoms with Crippen molar-refractivity contribution < 1.29 is 9.53 Å². The maximum absolute atomic E-state index is 12.8. The SMILES string of the molecule is COc1ccccc1CCNC(=O)C1(c2cccc(Cl)c2)CCC1. The highest BCUT2D eigenvalue weighted by atomic mass is 35.5. The third-order valence-corrected chi connectivity index (χ3v) is 5.13. The number of ether oxygens (including phenoxy) is 1. The van der Waals surface area contributed by atoms with Crippen LogP contribution >= 0.6 is 11.6 Å². The largest absolute Gasteiger partial charge is 0.496 e. The second kappa shape index (κ2) is 7.27. The van der Waals surface area contributed by atoms with Crippen LogP contribution in [0.2, 0.25) is 5.02 Å². The van der Waals surface area contributed by atoms with Gasteiger partial charge in [0.15, 0.2) is 0 Å². The summed E-state index contributed by atoms with van der Waals surface area (Å²) in [5, 5.41) is 3.79. The van der Waals surface area contributed by atoms with E-state index < -0.39 is 5.41 Å². The number of carbonyl (C=O) groups is 1. The fraction of sp³-hybridized carbons (Fsp3) is 0.350. The Morgan fingerprint density at radius 3 is 2.67 bits per heavy atom. The maximum atomic E-state index is 12.8. The van der Waals surface area contributed by atoms with Crippen LogP contribution in [-0.2, 0) is 16.6 Å². The number of hydrogen-bond donors (Lipinski definition) is 1. The van der Waals surface area contributed by atoms with Crippen molar-refractivity contribution in [3.63, 3.8) is 0 Å². The topological polar surface area (TPSA) is 38.3 Å². The summed E-state index contributed by atoms with van der Waals surface area (Å²) < 4.78 is 5.36. The van der Waals surface area contributed by atoms with E-state index in [2.05, 4.69) is 5.32 Å². The minimum Gasteiger partial charge on any atom is -0.496 e. The van der Waals surface area contributed by atoms with Crippen LogP contribution in [0.4, 0.5) is 0 Å². The molecule has 2 aromatic carbocycles. The van der Waals surface area contributed by atoms with Gasteiger partial charge in [0, 0.05) is 11.6 Å². The Labute approximate surface area is 148 Å². The minimum atomic E-state index is -0.411. The first-order valence-corrected chi connectivity index (χ1v) is 8.70. The van der Waals surface area contributed by atoms with Crippen molar-refractivity contribution in [2.75, 3.05) is 13.7 Å². The molecule has 1 amide bonds. The Kier molecular flexibility index (Phi) is 5.10. The van der Waals surface area contributed by atoms with Crippen molar-refractivity contribution in [3.05, 3.63) is 64.7 Å². The van der Waals surface area contributed by atoms with Gasteiger partial charge in [-0.3, -0.25) is 4.79 Å². The molecule has 1 aliphatic carbocycles. The molecule has 1 N–H and O–H groups in total. The van der Waals surface area contributed by atoms with Gasteiger partial charge >= 0.3 is 0 Å². The molecule has 2 aromatic rings. The first-order chi connectivity index (χ1) is 11.7. The van der Waals surface area contributed by atoms with Gasteiger partial charge in [0.05, 0.1) is 12.5 Å². The Morgan fingerprint density at radius 2 is 2.00 bits per heavy atom. The Hall–Kier alpha value is -2.00. The van der Waals surface area contributed by atoms with Crippen molar-refractivity contribution in [3.8, 4) is 5.75 Å². The molecule has 1 saturated carbocycles. The van der Waals surface area contributed by atoms with E-state index in [1.165, 1.54) is 0 Å². The summed E-state index contributed by atoms with van der Waals surface area (Å²) in [4.78, 5) is 12.8. The minimum absolute atomic E-state index is 0.103. The zero-order valence-corrected chi connectivity index (χ0v) is 14.6. The average Bonchev–Trinajstić information content (AvgIpc) is 2.54. The molecule has 126 valence electrons. The number of methoxy groups -OCH3 is 1. The number of nitrogens with one attached hydrogen (secondary N) is 1. The molecule has 0 spiro atoms. The highest BCUT2D eigenvalue weighted by Gasteiger charge is 2.45. The summed E-state index contributed by atoms with van der Waals surface area (Å²) in [5.41, 5.74) is 1.72. The van der Waals surface area contributed by atoms with Gasteiger partial charge in [-0.25, -0.2) is 0 Å². The second-order valence-corrected chi connectivity index (χ2v) is 6.70. The molecule has 3 rings (SSSR count). The number of carbonyl (C=O) groups excluding carboxylic acids is 1. The highest BCUT2D eigenvalue weighted by molar-refractivity contribution is 6.30. The lowest BCUT2D eigenvalue weighted by Crippen LogP contribution is -2.49. The molecule has 0 saturated heterocycles. The summed E-state index contributed by atoms with van der Waals surface area (Å²) in [6, 6.07) is 15.6. The predicted octanol–water partition coefficient (Wildman–Crippen LogP) is 4.13. The van der Waals surface area contributed by atoms with Crippen molar-refractivity contribution in [1.29, 1.82) is 0 Å². The normalized spacial score (nSPS) is 15.4. The molecule has 4 heteroatoms. The van der Waals surface area contributed by atoms with Crippen LogP contribution < -0.4 is 10.1 Å². The van der Waals surface area contributed by atoms with Crippen LogP contribution in [0.15, 0.2) is 48.5 Å². The Balaban J connectivity index is 1.65. The number of benzene rings is 2. The van der Waals surface area contributed by atoms with E-state index >= 15 is 0 Å². The van der Waals surface area contributed by atoms with E-state index in [1.807, 2.05) is 48.5 Å². The van der Waals surface area contributed by atoms with E-state index in [0.29, 0.717) is 11.6 Å². The van der Waals surface area contributed by atoms with Gasteiger partial charge in [0.2, 0.25) is 5.91 Å². The predicted molar refractivity (Wildman–Crippen MR) is 96.7 cm³/mol. The lowest BCUT2D eigenvalue weighted by atomic mass is 9.64. The second-order valence-electron chi connectivity index (χ2n) is 6.26. The molecule has 0 bridgehead atoms. The molecule has 0 heterocycles. The third kappa shape index (κ3) is 3.27. The summed E-state index contributed by atoms with van der Waals surface area (Å²) >= 11 is 6.11. The van der Waals surface area contributed by atoms with Crippen LogP contribution in [0.3, 0.4) is 0 Å². The molecule has 0 aliphatic heterocycles. The molecule has 0 radical (unpaired) electrons. The van der Waals surface area contributed by atoms with E-state index in [4.69, 9.17) is 16.3 Å².